The van der Waals surface area contributed by atoms with Crippen LogP contribution >= 0.6 is 11.6 Å². The Balaban J connectivity index is 1.46. The number of para-hydroxylation sites is 2. The average Bonchev–Trinajstić information content (AvgIpc) is 3.47. The van der Waals surface area contributed by atoms with Crippen molar-refractivity contribution in [3.63, 3.8) is 0 Å². The number of carbonyl (C=O) groups is 2. The average molecular weight is 575 g/mol. The smallest absolute Gasteiger partial charge is 0.339 e. The Morgan fingerprint density at radius 2 is 1.45 bits per heavy atom. The molecule has 2 heterocycles. The minimum absolute atomic E-state index is 0.0139. The van der Waals surface area contributed by atoms with Crippen molar-refractivity contribution in [3.8, 4) is 5.75 Å². The Bertz CT molecular complexity index is 1710. The van der Waals surface area contributed by atoms with E-state index in [-0.39, 0.29) is 10.6 Å². The molecule has 2 amide bonds. The van der Waals surface area contributed by atoms with E-state index in [4.69, 9.17) is 20.6 Å². The minimum atomic E-state index is -4.19. The number of hydroxylamine groups is 1. The summed E-state index contributed by atoms with van der Waals surface area (Å²) >= 11 is 6.31. The van der Waals surface area contributed by atoms with Crippen molar-refractivity contribution >= 4 is 44.9 Å². The first kappa shape index (κ1) is 26.1. The summed E-state index contributed by atoms with van der Waals surface area (Å²) in [4.78, 5) is 35.0. The fourth-order valence-electron chi connectivity index (χ4n) is 5.16. The SMILES string of the molecule is Cc1c(Cl)cccc1N1C(=O)[C@@H]2[C@@H](c3ccccc3OS(=O)(=O)c3ccccc3)N(c3ccccc3)O[C@H]2C1=O. The van der Waals surface area contributed by atoms with E-state index in [1.165, 1.54) is 23.3 Å². The molecular formula is C30H23ClN2O6S. The van der Waals surface area contributed by atoms with Crippen molar-refractivity contribution in [1.82, 2.24) is 0 Å². The number of carbonyl (C=O) groups excluding carboxylic acids is 2. The standard InChI is InChI=1S/C30H23ClN2O6S/c1-19-23(31)16-10-17-24(19)32-29(34)26-27(33(38-28(26)30(32)35)20-11-4-2-5-12-20)22-15-8-9-18-25(22)39-40(36,37)21-13-6-3-7-14-21/h2-18,26-28H,1H3/t26-,27-,28-/m1/s1. The van der Waals surface area contributed by atoms with E-state index < -0.39 is 40.0 Å². The van der Waals surface area contributed by atoms with Crippen LogP contribution in [0.4, 0.5) is 11.4 Å². The highest BCUT2D eigenvalue weighted by Crippen LogP contribution is 2.50. The predicted octanol–water partition coefficient (Wildman–Crippen LogP) is 5.47. The number of amides is 2. The van der Waals surface area contributed by atoms with Gasteiger partial charge in [-0.15, -0.1) is 0 Å². The summed E-state index contributed by atoms with van der Waals surface area (Å²) in [6.45, 7) is 1.73. The first-order chi connectivity index (χ1) is 19.3. The molecule has 8 nitrogen and oxygen atoms in total. The Kier molecular flexibility index (Phi) is 6.58. The fourth-order valence-corrected chi connectivity index (χ4v) is 6.30. The van der Waals surface area contributed by atoms with Crippen molar-refractivity contribution in [2.75, 3.05) is 9.96 Å². The first-order valence-electron chi connectivity index (χ1n) is 12.5. The highest BCUT2D eigenvalue weighted by molar-refractivity contribution is 7.87. The third-order valence-electron chi connectivity index (χ3n) is 7.08. The van der Waals surface area contributed by atoms with Crippen molar-refractivity contribution in [2.24, 2.45) is 5.92 Å². The Labute approximate surface area is 236 Å². The van der Waals surface area contributed by atoms with Gasteiger partial charge in [0.2, 0.25) is 5.91 Å². The van der Waals surface area contributed by atoms with Gasteiger partial charge in [0.15, 0.2) is 6.10 Å². The van der Waals surface area contributed by atoms with E-state index in [9.17, 15) is 18.0 Å². The van der Waals surface area contributed by atoms with Crippen LogP contribution in [0, 0.1) is 12.8 Å². The molecule has 0 saturated carbocycles. The van der Waals surface area contributed by atoms with Crippen LogP contribution in [0.1, 0.15) is 17.2 Å². The minimum Gasteiger partial charge on any atom is -0.379 e. The van der Waals surface area contributed by atoms with Gasteiger partial charge in [0.05, 0.1) is 17.4 Å². The van der Waals surface area contributed by atoms with Gasteiger partial charge in [0.25, 0.3) is 5.91 Å². The van der Waals surface area contributed by atoms with Crippen LogP contribution < -0.4 is 14.1 Å². The molecule has 0 spiro atoms. The molecule has 10 heteroatoms. The van der Waals surface area contributed by atoms with Crippen LogP contribution in [0.15, 0.2) is 108 Å². The van der Waals surface area contributed by atoms with E-state index in [1.54, 1.807) is 85.8 Å². The topological polar surface area (TPSA) is 93.2 Å². The number of hydrogen-bond donors (Lipinski definition) is 0. The Morgan fingerprint density at radius 1 is 0.800 bits per heavy atom. The van der Waals surface area contributed by atoms with Crippen molar-refractivity contribution in [2.45, 2.75) is 24.0 Å². The lowest BCUT2D eigenvalue weighted by atomic mass is 9.90. The van der Waals surface area contributed by atoms with E-state index >= 15 is 0 Å². The molecule has 202 valence electrons. The van der Waals surface area contributed by atoms with Crippen molar-refractivity contribution in [1.29, 1.82) is 0 Å². The number of hydrogen-bond acceptors (Lipinski definition) is 7. The number of anilines is 2. The summed E-state index contributed by atoms with van der Waals surface area (Å²) in [6.07, 6.45) is -1.14. The van der Waals surface area contributed by atoms with Gasteiger partial charge < -0.3 is 4.18 Å². The van der Waals surface area contributed by atoms with Gasteiger partial charge in [-0.2, -0.15) is 8.42 Å². The third-order valence-corrected chi connectivity index (χ3v) is 8.73. The predicted molar refractivity (Wildman–Crippen MR) is 149 cm³/mol. The number of rotatable bonds is 6. The summed E-state index contributed by atoms with van der Waals surface area (Å²) in [5, 5.41) is 1.91. The van der Waals surface area contributed by atoms with Crippen LogP contribution in [0.2, 0.25) is 5.02 Å². The van der Waals surface area contributed by atoms with E-state index in [0.29, 0.717) is 27.5 Å². The van der Waals surface area contributed by atoms with Crippen LogP contribution in [-0.2, 0) is 24.5 Å². The molecule has 6 rings (SSSR count). The summed E-state index contributed by atoms with van der Waals surface area (Å²) in [7, 11) is -4.19. The van der Waals surface area contributed by atoms with Gasteiger partial charge in [0.1, 0.15) is 16.6 Å². The van der Waals surface area contributed by atoms with Crippen LogP contribution in [0.5, 0.6) is 5.75 Å². The first-order valence-corrected chi connectivity index (χ1v) is 14.3. The van der Waals surface area contributed by atoms with Crippen LogP contribution in [-0.4, -0.2) is 26.3 Å². The quantitative estimate of drug-likeness (QED) is 0.223. The zero-order valence-electron chi connectivity index (χ0n) is 21.2. The molecule has 0 bridgehead atoms. The van der Waals surface area contributed by atoms with E-state index in [2.05, 4.69) is 0 Å². The number of fused-ring (bicyclic) bond motifs is 1. The molecule has 0 aliphatic carbocycles. The molecule has 0 unspecified atom stereocenters. The van der Waals surface area contributed by atoms with E-state index in [1.807, 2.05) is 6.07 Å². The lowest BCUT2D eigenvalue weighted by molar-refractivity contribution is -0.126. The molecule has 3 atom stereocenters. The molecule has 4 aromatic carbocycles. The summed E-state index contributed by atoms with van der Waals surface area (Å²) in [6, 6.07) is 27.5. The highest BCUT2D eigenvalue weighted by Gasteiger charge is 2.61. The maximum atomic E-state index is 14.0. The van der Waals surface area contributed by atoms with E-state index in [0.717, 1.165) is 4.90 Å². The molecule has 0 radical (unpaired) electrons. The van der Waals surface area contributed by atoms with Gasteiger partial charge in [0, 0.05) is 10.6 Å². The second kappa shape index (κ2) is 10.1. The van der Waals surface area contributed by atoms with Gasteiger partial charge in [-0.25, -0.2) is 9.96 Å². The molecule has 4 aromatic rings. The zero-order chi connectivity index (χ0) is 28.0. The largest absolute Gasteiger partial charge is 0.379 e. The molecule has 40 heavy (non-hydrogen) atoms. The fraction of sp³-hybridized carbons (Fsp3) is 0.133. The maximum absolute atomic E-state index is 14.0. The monoisotopic (exact) mass is 574 g/mol. The summed E-state index contributed by atoms with van der Waals surface area (Å²) in [5.74, 6) is -1.97. The van der Waals surface area contributed by atoms with Gasteiger partial charge in [-0.3, -0.25) is 14.4 Å². The molecule has 2 saturated heterocycles. The van der Waals surface area contributed by atoms with Gasteiger partial charge in [-0.05, 0) is 55.0 Å². The number of benzene rings is 4. The van der Waals surface area contributed by atoms with Gasteiger partial charge >= 0.3 is 10.1 Å². The molecule has 2 aliphatic heterocycles. The Morgan fingerprint density at radius 3 is 2.17 bits per heavy atom. The second-order valence-electron chi connectivity index (χ2n) is 9.44. The highest BCUT2D eigenvalue weighted by atomic mass is 35.5. The van der Waals surface area contributed by atoms with Crippen LogP contribution in [0.25, 0.3) is 0 Å². The number of halogens is 1. The zero-order valence-corrected chi connectivity index (χ0v) is 22.7. The lowest BCUT2D eigenvalue weighted by Gasteiger charge is -2.30. The summed E-state index contributed by atoms with van der Waals surface area (Å²) in [5.41, 5.74) is 1.93. The molecular weight excluding hydrogens is 552 g/mol. The number of nitrogens with zero attached hydrogens (tertiary/aromatic N) is 2. The Hall–Kier alpha value is -4.18. The van der Waals surface area contributed by atoms with Crippen molar-refractivity contribution < 1.29 is 27.0 Å². The summed E-state index contributed by atoms with van der Waals surface area (Å²) < 4.78 is 32.0. The van der Waals surface area contributed by atoms with Crippen molar-refractivity contribution in [3.05, 3.63) is 119 Å². The lowest BCUT2D eigenvalue weighted by Crippen LogP contribution is -2.38. The normalized spacial score (nSPS) is 20.6. The van der Waals surface area contributed by atoms with Gasteiger partial charge in [-0.1, -0.05) is 72.3 Å². The molecule has 0 aromatic heterocycles. The molecule has 2 fully saturated rings. The maximum Gasteiger partial charge on any atom is 0.339 e. The number of imide groups is 1. The molecule has 0 N–H and O–H groups in total. The molecule has 2 aliphatic rings. The second-order valence-corrected chi connectivity index (χ2v) is 11.4. The third kappa shape index (κ3) is 4.32. The van der Waals surface area contributed by atoms with Crippen LogP contribution in [0.3, 0.4) is 0 Å².